The van der Waals surface area contributed by atoms with E-state index in [1.54, 1.807) is 34.9 Å². The van der Waals surface area contributed by atoms with Gasteiger partial charge in [-0.15, -0.1) is 11.8 Å². The van der Waals surface area contributed by atoms with Crippen LogP contribution in [0.4, 0.5) is 10.5 Å². The number of anilines is 1. The van der Waals surface area contributed by atoms with E-state index in [2.05, 4.69) is 5.32 Å². The van der Waals surface area contributed by atoms with Crippen LogP contribution in [-0.4, -0.2) is 36.4 Å². The van der Waals surface area contributed by atoms with E-state index in [0.717, 1.165) is 22.8 Å². The van der Waals surface area contributed by atoms with Gasteiger partial charge in [0.2, 0.25) is 0 Å². The summed E-state index contributed by atoms with van der Waals surface area (Å²) in [6.45, 7) is 1.76. The van der Waals surface area contributed by atoms with Crippen molar-refractivity contribution in [2.75, 3.05) is 30.8 Å². The molecule has 0 spiro atoms. The minimum absolute atomic E-state index is 0.0754. The molecule has 0 radical (unpaired) electrons. The van der Waals surface area contributed by atoms with Crippen LogP contribution in [0.2, 0.25) is 10.0 Å². The van der Waals surface area contributed by atoms with Crippen molar-refractivity contribution in [1.29, 1.82) is 0 Å². The first-order chi connectivity index (χ1) is 12.6. The third kappa shape index (κ3) is 3.54. The van der Waals surface area contributed by atoms with Crippen molar-refractivity contribution in [3.63, 3.8) is 0 Å². The van der Waals surface area contributed by atoms with Crippen molar-refractivity contribution in [1.82, 2.24) is 4.90 Å². The molecule has 26 heavy (non-hydrogen) atoms. The molecule has 1 fully saturated rings. The van der Waals surface area contributed by atoms with E-state index in [4.69, 9.17) is 32.7 Å². The molecule has 2 aliphatic rings. The number of thioether (sulfide) groups is 1. The standard InChI is InChI=1S/C18H16Cl2N2O3S/c19-13-3-2-12(10-14(13)20)21-18(23)22-5-8-26-17(22)11-1-4-15-16(9-11)25-7-6-24-15/h1-4,9-10,17H,5-8H2,(H,21,23). The van der Waals surface area contributed by atoms with Crippen molar-refractivity contribution in [2.24, 2.45) is 0 Å². The molecule has 136 valence electrons. The highest BCUT2D eigenvalue weighted by molar-refractivity contribution is 7.99. The third-order valence-corrected chi connectivity index (χ3v) is 6.17. The minimum Gasteiger partial charge on any atom is -0.486 e. The lowest BCUT2D eigenvalue weighted by molar-refractivity contribution is 0.171. The predicted octanol–water partition coefficient (Wildman–Crippen LogP) is 5.04. The predicted molar refractivity (Wildman–Crippen MR) is 105 cm³/mol. The Morgan fingerprint density at radius 3 is 2.69 bits per heavy atom. The fourth-order valence-electron chi connectivity index (χ4n) is 2.94. The number of nitrogens with one attached hydrogen (secondary N) is 1. The van der Waals surface area contributed by atoms with Gasteiger partial charge in [0.1, 0.15) is 18.6 Å². The molecule has 1 saturated heterocycles. The van der Waals surface area contributed by atoms with Gasteiger partial charge in [0.15, 0.2) is 11.5 Å². The second-order valence-corrected chi connectivity index (χ2v) is 7.88. The van der Waals surface area contributed by atoms with Crippen molar-refractivity contribution in [3.8, 4) is 11.5 Å². The molecule has 2 amide bonds. The SMILES string of the molecule is O=C(Nc1ccc(Cl)c(Cl)c1)N1CCSC1c1ccc2c(c1)OCCO2. The Labute approximate surface area is 165 Å². The quantitative estimate of drug-likeness (QED) is 0.752. The van der Waals surface area contributed by atoms with E-state index in [-0.39, 0.29) is 11.4 Å². The number of fused-ring (bicyclic) bond motifs is 1. The van der Waals surface area contributed by atoms with Gasteiger partial charge in [-0.2, -0.15) is 0 Å². The Kier molecular flexibility index (Phi) is 5.07. The van der Waals surface area contributed by atoms with Crippen molar-refractivity contribution >= 4 is 46.7 Å². The van der Waals surface area contributed by atoms with Crippen LogP contribution in [-0.2, 0) is 0 Å². The van der Waals surface area contributed by atoms with Gasteiger partial charge in [0.05, 0.1) is 10.0 Å². The number of carbonyl (C=O) groups excluding carboxylic acids is 1. The summed E-state index contributed by atoms with van der Waals surface area (Å²) in [6.07, 6.45) is 0. The van der Waals surface area contributed by atoms with Crippen LogP contribution < -0.4 is 14.8 Å². The van der Waals surface area contributed by atoms with Gasteiger partial charge in [0, 0.05) is 18.0 Å². The summed E-state index contributed by atoms with van der Waals surface area (Å²) >= 11 is 13.7. The fourth-order valence-corrected chi connectivity index (χ4v) is 4.48. The molecule has 2 aliphatic heterocycles. The summed E-state index contributed by atoms with van der Waals surface area (Å²) in [5.41, 5.74) is 1.63. The van der Waals surface area contributed by atoms with Gasteiger partial charge in [-0.3, -0.25) is 0 Å². The lowest BCUT2D eigenvalue weighted by Crippen LogP contribution is -2.34. The van der Waals surface area contributed by atoms with Gasteiger partial charge in [-0.05, 0) is 35.9 Å². The van der Waals surface area contributed by atoms with Crippen LogP contribution in [0.25, 0.3) is 0 Å². The Balaban J connectivity index is 1.52. The average molecular weight is 411 g/mol. The molecule has 2 aromatic rings. The number of urea groups is 1. The number of carbonyl (C=O) groups is 1. The molecule has 5 nitrogen and oxygen atoms in total. The molecule has 1 atom stereocenters. The number of hydrogen-bond donors (Lipinski definition) is 1. The summed E-state index contributed by atoms with van der Waals surface area (Å²) in [4.78, 5) is 14.6. The number of ether oxygens (including phenoxy) is 2. The highest BCUT2D eigenvalue weighted by Crippen LogP contribution is 2.42. The lowest BCUT2D eigenvalue weighted by atomic mass is 10.1. The molecule has 2 aromatic carbocycles. The molecular formula is C18H16Cl2N2O3S. The van der Waals surface area contributed by atoms with Gasteiger partial charge in [-0.1, -0.05) is 29.3 Å². The van der Waals surface area contributed by atoms with E-state index in [1.807, 2.05) is 18.2 Å². The van der Waals surface area contributed by atoms with E-state index >= 15 is 0 Å². The zero-order valence-electron chi connectivity index (χ0n) is 13.7. The first-order valence-electron chi connectivity index (χ1n) is 8.15. The molecule has 1 unspecified atom stereocenters. The maximum Gasteiger partial charge on any atom is 0.323 e. The molecule has 2 heterocycles. The lowest BCUT2D eigenvalue weighted by Gasteiger charge is -2.26. The Hall–Kier alpha value is -1.76. The molecule has 0 aliphatic carbocycles. The number of halogens is 2. The monoisotopic (exact) mass is 410 g/mol. The number of amides is 2. The van der Waals surface area contributed by atoms with Crippen LogP contribution in [0.5, 0.6) is 11.5 Å². The van der Waals surface area contributed by atoms with Crippen LogP contribution in [0.3, 0.4) is 0 Å². The number of rotatable bonds is 2. The van der Waals surface area contributed by atoms with E-state index in [0.29, 0.717) is 35.5 Å². The van der Waals surface area contributed by atoms with Gasteiger partial charge in [-0.25, -0.2) is 4.79 Å². The number of hydrogen-bond acceptors (Lipinski definition) is 4. The molecule has 1 N–H and O–H groups in total. The summed E-state index contributed by atoms with van der Waals surface area (Å²) in [5.74, 6) is 2.34. The van der Waals surface area contributed by atoms with Gasteiger partial charge >= 0.3 is 6.03 Å². The fraction of sp³-hybridized carbons (Fsp3) is 0.278. The highest BCUT2D eigenvalue weighted by atomic mass is 35.5. The Bertz CT molecular complexity index is 849. The number of nitrogens with zero attached hydrogens (tertiary/aromatic N) is 1. The molecule has 8 heteroatoms. The summed E-state index contributed by atoms with van der Waals surface area (Å²) in [7, 11) is 0. The topological polar surface area (TPSA) is 50.8 Å². The molecule has 4 rings (SSSR count). The molecule has 0 aromatic heterocycles. The maximum atomic E-state index is 12.8. The Morgan fingerprint density at radius 2 is 1.88 bits per heavy atom. The Morgan fingerprint density at radius 1 is 1.08 bits per heavy atom. The third-order valence-electron chi connectivity index (χ3n) is 4.17. The van der Waals surface area contributed by atoms with Crippen molar-refractivity contribution in [2.45, 2.75) is 5.37 Å². The second-order valence-electron chi connectivity index (χ2n) is 5.88. The normalized spacial score (nSPS) is 18.7. The molecule has 0 bridgehead atoms. The maximum absolute atomic E-state index is 12.8. The van der Waals surface area contributed by atoms with Crippen LogP contribution in [0, 0.1) is 0 Å². The first-order valence-corrected chi connectivity index (χ1v) is 9.96. The van der Waals surface area contributed by atoms with Gasteiger partial charge < -0.3 is 19.7 Å². The molecular weight excluding hydrogens is 395 g/mol. The van der Waals surface area contributed by atoms with Crippen LogP contribution >= 0.6 is 35.0 Å². The summed E-state index contributed by atoms with van der Waals surface area (Å²) in [5, 5.41) is 3.67. The van der Waals surface area contributed by atoms with Crippen molar-refractivity contribution in [3.05, 3.63) is 52.0 Å². The van der Waals surface area contributed by atoms with E-state index < -0.39 is 0 Å². The van der Waals surface area contributed by atoms with E-state index in [9.17, 15) is 4.79 Å². The van der Waals surface area contributed by atoms with E-state index in [1.165, 1.54) is 0 Å². The minimum atomic E-state index is -0.173. The highest BCUT2D eigenvalue weighted by Gasteiger charge is 2.31. The zero-order chi connectivity index (χ0) is 18.1. The van der Waals surface area contributed by atoms with Crippen LogP contribution in [0.15, 0.2) is 36.4 Å². The van der Waals surface area contributed by atoms with Gasteiger partial charge in [0.25, 0.3) is 0 Å². The second kappa shape index (κ2) is 7.47. The molecule has 0 saturated carbocycles. The summed E-state index contributed by atoms with van der Waals surface area (Å²) in [6, 6.07) is 10.7. The number of benzene rings is 2. The smallest absolute Gasteiger partial charge is 0.323 e. The first kappa shape index (κ1) is 17.6. The zero-order valence-corrected chi connectivity index (χ0v) is 16.0. The average Bonchev–Trinajstić information content (AvgIpc) is 3.14. The van der Waals surface area contributed by atoms with Crippen LogP contribution in [0.1, 0.15) is 10.9 Å². The summed E-state index contributed by atoms with van der Waals surface area (Å²) < 4.78 is 11.2. The largest absolute Gasteiger partial charge is 0.486 e. The van der Waals surface area contributed by atoms with Crippen molar-refractivity contribution < 1.29 is 14.3 Å².